The average Bonchev–Trinajstić information content (AvgIpc) is 2.75. The molecule has 1 aliphatic heterocycles. The van der Waals surface area contributed by atoms with Crippen molar-refractivity contribution in [3.8, 4) is 11.8 Å². The quantitative estimate of drug-likeness (QED) is 0.555. The van der Waals surface area contributed by atoms with Crippen LogP contribution in [0.4, 0.5) is 0 Å². The van der Waals surface area contributed by atoms with Crippen LogP contribution in [0, 0.1) is 11.3 Å². The molecule has 144 valence electrons. The van der Waals surface area contributed by atoms with Gasteiger partial charge in [-0.25, -0.2) is 0 Å². The van der Waals surface area contributed by atoms with Crippen molar-refractivity contribution in [2.45, 2.75) is 45.1 Å². The minimum atomic E-state index is -0.618. The molecule has 2 aromatic rings. The summed E-state index contributed by atoms with van der Waals surface area (Å²) in [6.07, 6.45) is 9.55. The number of nitriles is 1. The Morgan fingerprint density at radius 1 is 1.07 bits per heavy atom. The van der Waals surface area contributed by atoms with Crippen LogP contribution in [0.5, 0.6) is 5.75 Å². The van der Waals surface area contributed by atoms with E-state index in [1.165, 1.54) is 30.6 Å². The van der Waals surface area contributed by atoms with Crippen molar-refractivity contribution in [1.82, 2.24) is 4.90 Å². The Bertz CT molecular complexity index is 865. The highest BCUT2D eigenvalue weighted by atomic mass is 16.5. The predicted octanol–water partition coefficient (Wildman–Crippen LogP) is 5.73. The third-order valence-electron chi connectivity index (χ3n) is 4.96. The fourth-order valence-electron chi connectivity index (χ4n) is 3.36. The molecule has 0 N–H and O–H groups in total. The number of unbranched alkanes of at least 4 members (excludes halogenated alkanes) is 4. The van der Waals surface area contributed by atoms with Crippen LogP contribution in [-0.4, -0.2) is 17.4 Å². The van der Waals surface area contributed by atoms with Crippen LogP contribution in [0.15, 0.2) is 54.7 Å². The van der Waals surface area contributed by atoms with E-state index in [2.05, 4.69) is 13.0 Å². The molecule has 0 aromatic heterocycles. The molecular formula is C24H26N2O2. The van der Waals surface area contributed by atoms with Crippen molar-refractivity contribution < 1.29 is 9.53 Å². The van der Waals surface area contributed by atoms with Crippen molar-refractivity contribution in [3.63, 3.8) is 0 Å². The Balaban J connectivity index is 1.61. The number of carbonyl (C=O) groups excluding carboxylic acids is 1. The van der Waals surface area contributed by atoms with Gasteiger partial charge in [-0.1, -0.05) is 56.9 Å². The van der Waals surface area contributed by atoms with E-state index in [1.807, 2.05) is 42.5 Å². The summed E-state index contributed by atoms with van der Waals surface area (Å²) in [4.78, 5) is 14.4. The number of hydrogen-bond acceptors (Lipinski definition) is 3. The first kappa shape index (κ1) is 19.7. The Morgan fingerprint density at radius 3 is 2.57 bits per heavy atom. The lowest BCUT2D eigenvalue weighted by molar-refractivity contribution is 0.0794. The molecule has 1 heterocycles. The summed E-state index contributed by atoms with van der Waals surface area (Å²) >= 11 is 0. The van der Waals surface area contributed by atoms with Gasteiger partial charge in [0.1, 0.15) is 11.8 Å². The van der Waals surface area contributed by atoms with Gasteiger partial charge in [0.15, 0.2) is 0 Å². The highest BCUT2D eigenvalue weighted by Crippen LogP contribution is 2.31. The van der Waals surface area contributed by atoms with Gasteiger partial charge in [0.05, 0.1) is 12.7 Å². The number of ether oxygens (including phenoxy) is 1. The lowest BCUT2D eigenvalue weighted by Gasteiger charge is -2.28. The van der Waals surface area contributed by atoms with Crippen LogP contribution >= 0.6 is 0 Å². The SMILES string of the molecule is CCCCCCCOc1ccc(C(=O)N2C=Cc3ccccc3C2C#N)cc1. The molecule has 4 heteroatoms. The third-order valence-corrected chi connectivity index (χ3v) is 4.96. The van der Waals surface area contributed by atoms with Crippen LogP contribution in [0.25, 0.3) is 6.08 Å². The zero-order chi connectivity index (χ0) is 19.8. The molecule has 1 amide bonds. The predicted molar refractivity (Wildman–Crippen MR) is 111 cm³/mol. The second-order valence-corrected chi connectivity index (χ2v) is 6.98. The molecule has 1 atom stereocenters. The van der Waals surface area contributed by atoms with E-state index in [4.69, 9.17) is 4.74 Å². The molecule has 0 saturated heterocycles. The van der Waals surface area contributed by atoms with Gasteiger partial charge >= 0.3 is 0 Å². The van der Waals surface area contributed by atoms with Crippen molar-refractivity contribution in [2.24, 2.45) is 0 Å². The lowest BCUT2D eigenvalue weighted by Crippen LogP contribution is -2.31. The van der Waals surface area contributed by atoms with Gasteiger partial charge in [-0.05, 0) is 47.9 Å². The largest absolute Gasteiger partial charge is 0.494 e. The molecule has 0 aliphatic carbocycles. The molecule has 1 aliphatic rings. The Hall–Kier alpha value is -3.06. The molecule has 3 rings (SSSR count). The van der Waals surface area contributed by atoms with Gasteiger partial charge in [0.2, 0.25) is 0 Å². The number of rotatable bonds is 8. The highest BCUT2D eigenvalue weighted by Gasteiger charge is 2.28. The molecule has 0 spiro atoms. The molecule has 0 saturated carbocycles. The van der Waals surface area contributed by atoms with E-state index in [9.17, 15) is 10.1 Å². The molecule has 2 aromatic carbocycles. The maximum Gasteiger partial charge on any atom is 0.259 e. The molecule has 4 nitrogen and oxygen atoms in total. The first-order chi connectivity index (χ1) is 13.7. The first-order valence-electron chi connectivity index (χ1n) is 9.97. The monoisotopic (exact) mass is 374 g/mol. The van der Waals surface area contributed by atoms with Crippen LogP contribution < -0.4 is 4.74 Å². The average molecular weight is 374 g/mol. The lowest BCUT2D eigenvalue weighted by atomic mass is 9.96. The Morgan fingerprint density at radius 2 is 1.82 bits per heavy atom. The maximum absolute atomic E-state index is 12.9. The summed E-state index contributed by atoms with van der Waals surface area (Å²) in [5, 5.41) is 9.62. The standard InChI is InChI=1S/C24H26N2O2/c1-2-3-4-5-8-17-28-21-13-11-20(12-14-21)24(27)26-16-15-19-9-6-7-10-22(19)23(26)18-25/h6-7,9-16,23H,2-5,8,17H2,1H3. The van der Waals surface area contributed by atoms with Crippen molar-refractivity contribution in [1.29, 1.82) is 5.26 Å². The Labute approximate surface area is 167 Å². The van der Waals surface area contributed by atoms with E-state index in [0.717, 1.165) is 23.3 Å². The molecule has 0 bridgehead atoms. The number of benzene rings is 2. The highest BCUT2D eigenvalue weighted by molar-refractivity contribution is 5.96. The van der Waals surface area contributed by atoms with Crippen LogP contribution in [0.2, 0.25) is 0 Å². The summed E-state index contributed by atoms with van der Waals surface area (Å²) in [5.41, 5.74) is 2.37. The second-order valence-electron chi connectivity index (χ2n) is 6.98. The number of carbonyl (C=O) groups is 1. The summed E-state index contributed by atoms with van der Waals surface area (Å²) in [7, 11) is 0. The molecule has 0 radical (unpaired) electrons. The fourth-order valence-corrected chi connectivity index (χ4v) is 3.36. The first-order valence-corrected chi connectivity index (χ1v) is 9.97. The van der Waals surface area contributed by atoms with E-state index in [-0.39, 0.29) is 5.91 Å². The van der Waals surface area contributed by atoms with E-state index in [1.54, 1.807) is 18.3 Å². The van der Waals surface area contributed by atoms with Gasteiger partial charge in [-0.2, -0.15) is 5.26 Å². The number of nitrogens with zero attached hydrogens (tertiary/aromatic N) is 2. The van der Waals surface area contributed by atoms with Gasteiger partial charge in [-0.15, -0.1) is 0 Å². The van der Waals surface area contributed by atoms with Gasteiger partial charge in [0.25, 0.3) is 5.91 Å². The number of fused-ring (bicyclic) bond motifs is 1. The summed E-state index contributed by atoms with van der Waals surface area (Å²) in [6, 6.07) is 16.5. The molecule has 28 heavy (non-hydrogen) atoms. The number of hydrogen-bond donors (Lipinski definition) is 0. The van der Waals surface area contributed by atoms with Crippen molar-refractivity contribution in [2.75, 3.05) is 6.61 Å². The normalized spacial score (nSPS) is 15.0. The van der Waals surface area contributed by atoms with Crippen LogP contribution in [0.3, 0.4) is 0 Å². The van der Waals surface area contributed by atoms with E-state index < -0.39 is 6.04 Å². The zero-order valence-electron chi connectivity index (χ0n) is 16.3. The molecule has 0 fully saturated rings. The molecular weight excluding hydrogens is 348 g/mol. The van der Waals surface area contributed by atoms with E-state index in [0.29, 0.717) is 12.2 Å². The third kappa shape index (κ3) is 4.61. The van der Waals surface area contributed by atoms with E-state index >= 15 is 0 Å². The van der Waals surface area contributed by atoms with Crippen molar-refractivity contribution in [3.05, 3.63) is 71.4 Å². The maximum atomic E-state index is 12.9. The smallest absolute Gasteiger partial charge is 0.259 e. The Kier molecular flexibility index (Phi) is 6.86. The van der Waals surface area contributed by atoms with Crippen LogP contribution in [0.1, 0.15) is 66.6 Å². The zero-order valence-corrected chi connectivity index (χ0v) is 16.3. The summed E-state index contributed by atoms with van der Waals surface area (Å²) in [6.45, 7) is 2.90. The van der Waals surface area contributed by atoms with Crippen LogP contribution in [-0.2, 0) is 0 Å². The minimum absolute atomic E-state index is 0.191. The summed E-state index contributed by atoms with van der Waals surface area (Å²) < 4.78 is 5.76. The van der Waals surface area contributed by atoms with Gasteiger partial charge in [0, 0.05) is 11.8 Å². The minimum Gasteiger partial charge on any atom is -0.494 e. The molecule has 1 unspecified atom stereocenters. The summed E-state index contributed by atoms with van der Waals surface area (Å²) in [5.74, 6) is 0.576. The fraction of sp³-hybridized carbons (Fsp3) is 0.333. The number of amides is 1. The van der Waals surface area contributed by atoms with Crippen molar-refractivity contribution >= 4 is 12.0 Å². The van der Waals surface area contributed by atoms with Gasteiger partial charge in [-0.3, -0.25) is 9.69 Å². The second kappa shape index (κ2) is 9.75. The van der Waals surface area contributed by atoms with Gasteiger partial charge < -0.3 is 4.74 Å². The topological polar surface area (TPSA) is 53.3 Å².